The zero-order valence-corrected chi connectivity index (χ0v) is 14.6. The van der Waals surface area contributed by atoms with Crippen molar-refractivity contribution in [3.05, 3.63) is 64.4 Å². The van der Waals surface area contributed by atoms with E-state index < -0.39 is 11.6 Å². The molecule has 3 aromatic rings. The Balaban J connectivity index is 1.64. The summed E-state index contributed by atoms with van der Waals surface area (Å²) in [5.74, 6) is -0.0369. The normalized spacial score (nSPS) is 10.9. The van der Waals surface area contributed by atoms with Gasteiger partial charge in [-0.15, -0.1) is 11.3 Å². The highest BCUT2D eigenvalue weighted by Crippen LogP contribution is 2.26. The number of furan rings is 1. The minimum absolute atomic E-state index is 0.0688. The Bertz CT molecular complexity index is 904. The van der Waals surface area contributed by atoms with E-state index in [4.69, 9.17) is 4.42 Å². The molecule has 130 valence electrons. The molecule has 1 amide bonds. The van der Waals surface area contributed by atoms with Gasteiger partial charge < -0.3 is 9.32 Å². The van der Waals surface area contributed by atoms with Gasteiger partial charge >= 0.3 is 0 Å². The molecule has 2 heterocycles. The van der Waals surface area contributed by atoms with Crippen LogP contribution in [0.1, 0.15) is 17.0 Å². The minimum Gasteiger partial charge on any atom is -0.459 e. The van der Waals surface area contributed by atoms with Gasteiger partial charge in [-0.05, 0) is 25.1 Å². The summed E-state index contributed by atoms with van der Waals surface area (Å²) < 4.78 is 32.2. The number of likely N-dealkylation sites (N-methyl/N-ethyl adjacent to an activating group) is 1. The van der Waals surface area contributed by atoms with E-state index in [9.17, 15) is 13.6 Å². The molecule has 0 radical (unpaired) electrons. The van der Waals surface area contributed by atoms with Crippen molar-refractivity contribution in [3.63, 3.8) is 0 Å². The monoisotopic (exact) mass is 362 g/mol. The lowest BCUT2D eigenvalue weighted by Gasteiger charge is -2.17. The predicted octanol–water partition coefficient (Wildman–Crippen LogP) is 4.19. The molecule has 0 aliphatic heterocycles. The van der Waals surface area contributed by atoms with Crippen LogP contribution in [0.5, 0.6) is 0 Å². The van der Waals surface area contributed by atoms with Crippen LogP contribution < -0.4 is 0 Å². The Labute approximate surface area is 147 Å². The SMILES string of the molecule is Cc1ccc(-c2nc(CC(=O)N(C)Cc3ccc(F)cc3F)cs2)o1. The van der Waals surface area contributed by atoms with Crippen molar-refractivity contribution in [1.82, 2.24) is 9.88 Å². The van der Waals surface area contributed by atoms with Gasteiger partial charge in [-0.2, -0.15) is 0 Å². The van der Waals surface area contributed by atoms with Crippen molar-refractivity contribution in [1.29, 1.82) is 0 Å². The number of halogens is 2. The number of nitrogens with zero attached hydrogens (tertiary/aromatic N) is 2. The topological polar surface area (TPSA) is 46.3 Å². The van der Waals surface area contributed by atoms with E-state index in [1.54, 1.807) is 12.4 Å². The van der Waals surface area contributed by atoms with Crippen LogP contribution in [-0.4, -0.2) is 22.8 Å². The second-order valence-corrected chi connectivity index (χ2v) is 6.57. The maximum absolute atomic E-state index is 13.7. The number of aryl methyl sites for hydroxylation is 1. The molecule has 0 saturated carbocycles. The number of aromatic nitrogens is 1. The van der Waals surface area contributed by atoms with E-state index >= 15 is 0 Å². The van der Waals surface area contributed by atoms with Gasteiger partial charge in [-0.1, -0.05) is 6.07 Å². The quantitative estimate of drug-likeness (QED) is 0.684. The molecule has 0 N–H and O–H groups in total. The van der Waals surface area contributed by atoms with E-state index in [0.717, 1.165) is 11.8 Å². The zero-order valence-electron chi connectivity index (χ0n) is 13.8. The molecule has 0 aliphatic carbocycles. The summed E-state index contributed by atoms with van der Waals surface area (Å²) in [7, 11) is 1.58. The Morgan fingerprint density at radius 1 is 1.28 bits per heavy atom. The third-order valence-electron chi connectivity index (χ3n) is 3.68. The highest BCUT2D eigenvalue weighted by molar-refractivity contribution is 7.13. The number of carbonyl (C=O) groups excluding carboxylic acids is 1. The number of carbonyl (C=O) groups is 1. The van der Waals surface area contributed by atoms with E-state index in [1.165, 1.54) is 28.4 Å². The molecule has 7 heteroatoms. The van der Waals surface area contributed by atoms with E-state index in [0.29, 0.717) is 16.5 Å². The molecule has 0 aliphatic rings. The highest BCUT2D eigenvalue weighted by Gasteiger charge is 2.16. The fraction of sp³-hybridized carbons (Fsp3) is 0.222. The van der Waals surface area contributed by atoms with Crippen molar-refractivity contribution in [2.45, 2.75) is 19.9 Å². The lowest BCUT2D eigenvalue weighted by Crippen LogP contribution is -2.28. The van der Waals surface area contributed by atoms with Crippen LogP contribution in [0.3, 0.4) is 0 Å². The molecule has 3 rings (SSSR count). The number of hydrogen-bond acceptors (Lipinski definition) is 4. The lowest BCUT2D eigenvalue weighted by molar-refractivity contribution is -0.129. The number of benzene rings is 1. The highest BCUT2D eigenvalue weighted by atomic mass is 32.1. The lowest BCUT2D eigenvalue weighted by atomic mass is 10.2. The van der Waals surface area contributed by atoms with Gasteiger partial charge in [0.05, 0.1) is 12.1 Å². The molecular formula is C18H16F2N2O2S. The van der Waals surface area contributed by atoms with Crippen LogP contribution in [0, 0.1) is 18.6 Å². The third kappa shape index (κ3) is 4.11. The Morgan fingerprint density at radius 3 is 2.76 bits per heavy atom. The first-order valence-electron chi connectivity index (χ1n) is 7.61. The van der Waals surface area contributed by atoms with Gasteiger partial charge in [-0.25, -0.2) is 13.8 Å². The Hall–Kier alpha value is -2.54. The zero-order chi connectivity index (χ0) is 18.0. The Kier molecular flexibility index (Phi) is 4.94. The largest absolute Gasteiger partial charge is 0.459 e. The fourth-order valence-corrected chi connectivity index (χ4v) is 3.11. The maximum Gasteiger partial charge on any atom is 0.228 e. The molecule has 25 heavy (non-hydrogen) atoms. The molecule has 0 fully saturated rings. The molecule has 0 saturated heterocycles. The maximum atomic E-state index is 13.7. The number of rotatable bonds is 5. The van der Waals surface area contributed by atoms with Gasteiger partial charge in [0.15, 0.2) is 10.8 Å². The fourth-order valence-electron chi connectivity index (χ4n) is 2.33. The summed E-state index contributed by atoms with van der Waals surface area (Å²) in [6.45, 7) is 1.92. The second kappa shape index (κ2) is 7.14. The van der Waals surface area contributed by atoms with Gasteiger partial charge in [0.2, 0.25) is 5.91 Å². The molecule has 1 aromatic carbocycles. The number of thiazole rings is 1. The molecule has 0 spiro atoms. The summed E-state index contributed by atoms with van der Waals surface area (Å²) in [5, 5.41) is 2.51. The summed E-state index contributed by atoms with van der Waals surface area (Å²) in [6.07, 6.45) is 0.107. The standard InChI is InChI=1S/C18H16F2N2O2S/c1-11-3-6-16(24-11)18-21-14(10-25-18)8-17(23)22(2)9-12-4-5-13(19)7-15(12)20/h3-7,10H,8-9H2,1-2H3. The van der Waals surface area contributed by atoms with Crippen LogP contribution in [0.25, 0.3) is 10.8 Å². The number of hydrogen-bond donors (Lipinski definition) is 0. The van der Waals surface area contributed by atoms with Crippen LogP contribution >= 0.6 is 11.3 Å². The van der Waals surface area contributed by atoms with Crippen molar-refractivity contribution in [2.75, 3.05) is 7.05 Å². The van der Waals surface area contributed by atoms with Crippen molar-refractivity contribution >= 4 is 17.2 Å². The number of amides is 1. The molecule has 0 bridgehead atoms. The van der Waals surface area contributed by atoms with Gasteiger partial charge in [0.25, 0.3) is 0 Å². The van der Waals surface area contributed by atoms with Crippen LogP contribution in [0.4, 0.5) is 8.78 Å². The second-order valence-electron chi connectivity index (χ2n) is 5.72. The molecule has 4 nitrogen and oxygen atoms in total. The van der Waals surface area contributed by atoms with E-state index in [2.05, 4.69) is 4.98 Å². The van der Waals surface area contributed by atoms with Crippen LogP contribution in [0.15, 0.2) is 40.1 Å². The summed E-state index contributed by atoms with van der Waals surface area (Å²) in [5.41, 5.74) is 0.896. The summed E-state index contributed by atoms with van der Waals surface area (Å²) >= 11 is 1.40. The van der Waals surface area contributed by atoms with Gasteiger partial charge in [0.1, 0.15) is 17.4 Å². The van der Waals surface area contributed by atoms with Crippen LogP contribution in [0.2, 0.25) is 0 Å². The van der Waals surface area contributed by atoms with Crippen LogP contribution in [-0.2, 0) is 17.8 Å². The van der Waals surface area contributed by atoms with Gasteiger partial charge in [-0.3, -0.25) is 4.79 Å². The summed E-state index contributed by atoms with van der Waals surface area (Å²) in [4.78, 5) is 18.1. The molecule has 0 atom stereocenters. The van der Waals surface area contributed by atoms with Crippen molar-refractivity contribution < 1.29 is 18.0 Å². The van der Waals surface area contributed by atoms with Crippen molar-refractivity contribution in [2.24, 2.45) is 0 Å². The summed E-state index contributed by atoms with van der Waals surface area (Å²) in [6, 6.07) is 7.02. The predicted molar refractivity (Wildman–Crippen MR) is 91.1 cm³/mol. The minimum atomic E-state index is -0.663. The third-order valence-corrected chi connectivity index (χ3v) is 4.59. The first kappa shape index (κ1) is 17.3. The van der Waals surface area contributed by atoms with E-state index in [1.807, 2.05) is 19.1 Å². The smallest absolute Gasteiger partial charge is 0.228 e. The van der Waals surface area contributed by atoms with Gasteiger partial charge in [0, 0.05) is 30.6 Å². The van der Waals surface area contributed by atoms with Crippen molar-refractivity contribution in [3.8, 4) is 10.8 Å². The molecule has 2 aromatic heterocycles. The average Bonchev–Trinajstić information content (AvgIpc) is 3.19. The first-order valence-corrected chi connectivity index (χ1v) is 8.49. The first-order chi connectivity index (χ1) is 11.9. The molecular weight excluding hydrogens is 346 g/mol. The molecule has 0 unspecified atom stereocenters. The average molecular weight is 362 g/mol. The Morgan fingerprint density at radius 2 is 2.08 bits per heavy atom. The van der Waals surface area contributed by atoms with E-state index in [-0.39, 0.29) is 24.4 Å².